The van der Waals surface area contributed by atoms with Gasteiger partial charge in [0.15, 0.2) is 5.78 Å². The number of nitrogens with zero attached hydrogens (tertiary/aromatic N) is 3. The van der Waals surface area contributed by atoms with Gasteiger partial charge in [-0.1, -0.05) is 36.4 Å². The molecule has 1 aliphatic heterocycles. The normalized spacial score (nSPS) is 16.9. The molecule has 0 radical (unpaired) electrons. The number of carbonyl (C=O) groups excluding carboxylic acids is 1. The Bertz CT molecular complexity index is 1240. The fourth-order valence-corrected chi connectivity index (χ4v) is 5.21. The minimum absolute atomic E-state index is 0.0269. The molecule has 5 nitrogen and oxygen atoms in total. The predicted molar refractivity (Wildman–Crippen MR) is 145 cm³/mol. The molecule has 0 atom stereocenters. The largest absolute Gasteiger partial charge is 0.494 e. The molecule has 5 heteroatoms. The van der Waals surface area contributed by atoms with Crippen LogP contribution in [0.3, 0.4) is 0 Å². The van der Waals surface area contributed by atoms with E-state index in [2.05, 4.69) is 47.7 Å². The van der Waals surface area contributed by atoms with E-state index in [4.69, 9.17) is 4.74 Å². The van der Waals surface area contributed by atoms with Gasteiger partial charge in [-0.05, 0) is 62.6 Å². The summed E-state index contributed by atoms with van der Waals surface area (Å²) < 4.78 is 6.11. The first kappa shape index (κ1) is 24.4. The van der Waals surface area contributed by atoms with Crippen molar-refractivity contribution in [3.8, 4) is 5.75 Å². The molecular formula is C31H35N3O2. The van der Waals surface area contributed by atoms with E-state index in [1.54, 1.807) is 12.4 Å². The van der Waals surface area contributed by atoms with Crippen LogP contribution >= 0.6 is 0 Å². The zero-order chi connectivity index (χ0) is 25.1. The Labute approximate surface area is 214 Å². The van der Waals surface area contributed by atoms with E-state index in [1.165, 1.54) is 0 Å². The predicted octanol–water partition coefficient (Wildman–Crippen LogP) is 5.42. The van der Waals surface area contributed by atoms with E-state index < -0.39 is 0 Å². The second-order valence-corrected chi connectivity index (χ2v) is 10.6. The molecule has 1 fully saturated rings. The van der Waals surface area contributed by atoms with E-state index in [0.717, 1.165) is 67.2 Å². The first-order valence-corrected chi connectivity index (χ1v) is 12.9. The third kappa shape index (κ3) is 5.13. The molecular weight excluding hydrogens is 446 g/mol. The van der Waals surface area contributed by atoms with Gasteiger partial charge in [-0.25, -0.2) is 0 Å². The summed E-state index contributed by atoms with van der Waals surface area (Å²) >= 11 is 0. The number of allylic oxidation sites excluding steroid dienone is 1. The number of ketones is 1. The van der Waals surface area contributed by atoms with E-state index >= 15 is 0 Å². The molecule has 0 amide bonds. The minimum Gasteiger partial charge on any atom is -0.494 e. The monoisotopic (exact) mass is 481 g/mol. The Hall–Kier alpha value is -3.28. The SMILES string of the molecule is CC(C)(C)N1CCN(CCCOc2ccc3c(c2)C(=O)C(c2cccnc2)=C3c2ccccc2)CC1. The van der Waals surface area contributed by atoms with Gasteiger partial charge in [0.1, 0.15) is 5.75 Å². The Balaban J connectivity index is 1.26. The second-order valence-electron chi connectivity index (χ2n) is 10.6. The van der Waals surface area contributed by atoms with Gasteiger partial charge in [-0.3, -0.25) is 14.7 Å². The Kier molecular flexibility index (Phi) is 7.04. The number of hydrogen-bond donors (Lipinski definition) is 0. The summed E-state index contributed by atoms with van der Waals surface area (Å²) in [5.41, 5.74) is 5.43. The number of carbonyl (C=O) groups is 1. The molecule has 1 aromatic heterocycles. The molecule has 186 valence electrons. The minimum atomic E-state index is 0.0269. The molecule has 0 spiro atoms. The number of piperazine rings is 1. The van der Waals surface area contributed by atoms with Gasteiger partial charge < -0.3 is 9.64 Å². The molecule has 0 unspecified atom stereocenters. The maximum Gasteiger partial charge on any atom is 0.195 e. The lowest BCUT2D eigenvalue weighted by atomic mass is 9.95. The Morgan fingerprint density at radius 3 is 2.31 bits per heavy atom. The highest BCUT2D eigenvalue weighted by atomic mass is 16.5. The third-order valence-electron chi connectivity index (χ3n) is 7.20. The number of pyridine rings is 1. The number of rotatable bonds is 7. The number of hydrogen-bond acceptors (Lipinski definition) is 5. The van der Waals surface area contributed by atoms with Gasteiger partial charge >= 0.3 is 0 Å². The lowest BCUT2D eigenvalue weighted by Crippen LogP contribution is -2.53. The molecule has 5 rings (SSSR count). The van der Waals surface area contributed by atoms with Crippen molar-refractivity contribution in [3.63, 3.8) is 0 Å². The summed E-state index contributed by atoms with van der Waals surface area (Å²) in [6, 6.07) is 19.9. The van der Waals surface area contributed by atoms with E-state index in [9.17, 15) is 4.79 Å². The number of aromatic nitrogens is 1. The third-order valence-corrected chi connectivity index (χ3v) is 7.20. The quantitative estimate of drug-likeness (QED) is 0.422. The van der Waals surface area contributed by atoms with Gasteiger partial charge in [0.25, 0.3) is 0 Å². The molecule has 2 heterocycles. The highest BCUT2D eigenvalue weighted by Gasteiger charge is 2.32. The fraction of sp³-hybridized carbons (Fsp3) is 0.355. The molecule has 3 aromatic rings. The fourth-order valence-electron chi connectivity index (χ4n) is 5.21. The van der Waals surface area contributed by atoms with Crippen molar-refractivity contribution in [1.82, 2.24) is 14.8 Å². The van der Waals surface area contributed by atoms with Gasteiger partial charge in [-0.2, -0.15) is 0 Å². The maximum atomic E-state index is 13.6. The highest BCUT2D eigenvalue weighted by Crippen LogP contribution is 2.43. The average molecular weight is 482 g/mol. The van der Waals surface area contributed by atoms with Crippen LogP contribution in [0.2, 0.25) is 0 Å². The summed E-state index contributed by atoms with van der Waals surface area (Å²) in [5.74, 6) is 0.776. The molecule has 0 saturated carbocycles. The van der Waals surface area contributed by atoms with Crippen molar-refractivity contribution >= 4 is 16.9 Å². The summed E-state index contributed by atoms with van der Waals surface area (Å²) in [4.78, 5) is 23.0. The summed E-state index contributed by atoms with van der Waals surface area (Å²) in [6.45, 7) is 13.0. The lowest BCUT2D eigenvalue weighted by molar-refractivity contribution is 0.0601. The van der Waals surface area contributed by atoms with Gasteiger partial charge in [-0.15, -0.1) is 0 Å². The maximum absolute atomic E-state index is 13.6. The van der Waals surface area contributed by atoms with Gasteiger partial charge in [0, 0.05) is 72.9 Å². The number of Topliss-reactive ketones (excluding diaryl/α,β-unsaturated/α-hetero) is 1. The van der Waals surface area contributed by atoms with Crippen LogP contribution in [-0.2, 0) is 0 Å². The van der Waals surface area contributed by atoms with Crippen LogP contribution in [0.1, 0.15) is 54.2 Å². The van der Waals surface area contributed by atoms with Crippen LogP contribution in [0.4, 0.5) is 0 Å². The summed E-state index contributed by atoms with van der Waals surface area (Å²) in [6.07, 6.45) is 4.46. The van der Waals surface area contributed by atoms with E-state index in [1.807, 2.05) is 48.5 Å². The van der Waals surface area contributed by atoms with Crippen molar-refractivity contribution in [3.05, 3.63) is 95.3 Å². The second kappa shape index (κ2) is 10.4. The van der Waals surface area contributed by atoms with Crippen molar-refractivity contribution < 1.29 is 9.53 Å². The Morgan fingerprint density at radius 1 is 0.861 bits per heavy atom. The van der Waals surface area contributed by atoms with Crippen LogP contribution in [0.25, 0.3) is 11.1 Å². The first-order chi connectivity index (χ1) is 17.4. The number of fused-ring (bicyclic) bond motifs is 1. The summed E-state index contributed by atoms with van der Waals surface area (Å²) in [7, 11) is 0. The molecule has 2 aliphatic rings. The zero-order valence-corrected chi connectivity index (χ0v) is 21.5. The summed E-state index contributed by atoms with van der Waals surface area (Å²) in [5, 5.41) is 0. The average Bonchev–Trinajstić information content (AvgIpc) is 3.19. The van der Waals surface area contributed by atoms with Gasteiger partial charge in [0.2, 0.25) is 0 Å². The Morgan fingerprint density at radius 2 is 1.61 bits per heavy atom. The van der Waals surface area contributed by atoms with Crippen molar-refractivity contribution in [2.45, 2.75) is 32.7 Å². The lowest BCUT2D eigenvalue weighted by Gasteiger charge is -2.42. The van der Waals surface area contributed by atoms with Crippen LogP contribution in [-0.4, -0.2) is 65.4 Å². The molecule has 1 aliphatic carbocycles. The van der Waals surface area contributed by atoms with Crippen molar-refractivity contribution in [2.24, 2.45) is 0 Å². The van der Waals surface area contributed by atoms with Crippen molar-refractivity contribution in [1.29, 1.82) is 0 Å². The van der Waals surface area contributed by atoms with E-state index in [-0.39, 0.29) is 11.3 Å². The van der Waals surface area contributed by atoms with Crippen molar-refractivity contribution in [2.75, 3.05) is 39.3 Å². The van der Waals surface area contributed by atoms with Crippen LogP contribution < -0.4 is 4.74 Å². The van der Waals surface area contributed by atoms with Crippen LogP contribution in [0, 0.1) is 0 Å². The zero-order valence-electron chi connectivity index (χ0n) is 21.5. The first-order valence-electron chi connectivity index (χ1n) is 12.9. The highest BCUT2D eigenvalue weighted by molar-refractivity contribution is 6.41. The molecule has 0 N–H and O–H groups in total. The number of ether oxygens (including phenoxy) is 1. The number of benzene rings is 2. The standard InChI is InChI=1S/C31H35N3O2/c1-31(2,3)34-18-16-33(17-19-34)15-8-20-36-25-12-13-26-27(21-25)30(35)29(24-11-7-14-32-22-24)28(26)23-9-5-4-6-10-23/h4-7,9-14,21-22H,8,15-20H2,1-3H3. The topological polar surface area (TPSA) is 45.7 Å². The molecule has 1 saturated heterocycles. The van der Waals surface area contributed by atoms with E-state index in [0.29, 0.717) is 17.7 Å². The molecule has 36 heavy (non-hydrogen) atoms. The van der Waals surface area contributed by atoms with Crippen LogP contribution in [0.15, 0.2) is 73.1 Å². The molecule has 0 bridgehead atoms. The smallest absolute Gasteiger partial charge is 0.195 e. The van der Waals surface area contributed by atoms with Gasteiger partial charge in [0.05, 0.1) is 6.61 Å². The molecule has 2 aromatic carbocycles. The van der Waals surface area contributed by atoms with Crippen LogP contribution in [0.5, 0.6) is 5.75 Å².